The SMILES string of the molecule is FC(F)(F)c1cc(COCC2(c3ccccc3)CCCN(C3CCCC3)CC2)cc(C(F)(F)F)c1. The van der Waals surface area contributed by atoms with Gasteiger partial charge >= 0.3 is 12.4 Å². The molecule has 1 heterocycles. The number of rotatable bonds is 6. The molecule has 2 aromatic carbocycles. The predicted octanol–water partition coefficient (Wildman–Crippen LogP) is 7.61. The molecule has 0 bridgehead atoms. The summed E-state index contributed by atoms with van der Waals surface area (Å²) in [6, 6.07) is 12.2. The van der Waals surface area contributed by atoms with E-state index in [0.717, 1.165) is 50.0 Å². The van der Waals surface area contributed by atoms with Crippen LogP contribution in [-0.2, 0) is 29.1 Å². The smallest absolute Gasteiger partial charge is 0.376 e. The predicted molar refractivity (Wildman–Crippen MR) is 122 cm³/mol. The summed E-state index contributed by atoms with van der Waals surface area (Å²) >= 11 is 0. The minimum Gasteiger partial charge on any atom is -0.376 e. The molecule has 2 aromatic rings. The molecule has 1 saturated heterocycles. The van der Waals surface area contributed by atoms with Crippen molar-refractivity contribution in [2.75, 3.05) is 19.7 Å². The van der Waals surface area contributed by atoms with Crippen LogP contribution in [0.25, 0.3) is 0 Å². The molecule has 8 heteroatoms. The Bertz CT molecular complexity index is 936. The van der Waals surface area contributed by atoms with Crippen LogP contribution in [0.4, 0.5) is 26.3 Å². The quantitative estimate of drug-likeness (QED) is 0.380. The molecule has 0 radical (unpaired) electrons. The molecule has 2 fully saturated rings. The molecule has 0 N–H and O–H groups in total. The van der Waals surface area contributed by atoms with E-state index < -0.39 is 23.5 Å². The Morgan fingerprint density at radius 2 is 1.43 bits per heavy atom. The van der Waals surface area contributed by atoms with E-state index >= 15 is 0 Å². The van der Waals surface area contributed by atoms with Crippen molar-refractivity contribution in [3.05, 3.63) is 70.8 Å². The summed E-state index contributed by atoms with van der Waals surface area (Å²) in [5.41, 5.74) is -1.98. The standard InChI is InChI=1S/C27H31F6NO/c28-26(29,30)22-15-20(16-23(17-22)27(31,32)33)18-35-19-25(21-7-2-1-3-8-21)11-6-13-34(14-12-25)24-9-4-5-10-24/h1-3,7-8,15-17,24H,4-6,9-14,18-19H2. The lowest BCUT2D eigenvalue weighted by Gasteiger charge is -2.34. The zero-order valence-electron chi connectivity index (χ0n) is 19.6. The molecule has 1 saturated carbocycles. The van der Waals surface area contributed by atoms with Gasteiger partial charge < -0.3 is 9.64 Å². The molecular formula is C27H31F6NO. The number of hydrogen-bond donors (Lipinski definition) is 0. The largest absolute Gasteiger partial charge is 0.416 e. The first-order valence-electron chi connectivity index (χ1n) is 12.2. The molecule has 1 aliphatic heterocycles. The highest BCUT2D eigenvalue weighted by molar-refractivity contribution is 5.33. The number of hydrogen-bond acceptors (Lipinski definition) is 2. The van der Waals surface area contributed by atoms with E-state index in [9.17, 15) is 26.3 Å². The summed E-state index contributed by atoms with van der Waals surface area (Å²) in [6.07, 6.45) is -2.14. The van der Waals surface area contributed by atoms with Gasteiger partial charge in [-0.15, -0.1) is 0 Å². The lowest BCUT2D eigenvalue weighted by atomic mass is 9.75. The molecule has 0 aromatic heterocycles. The minimum absolute atomic E-state index is 0.128. The second kappa shape index (κ2) is 10.5. The second-order valence-corrected chi connectivity index (χ2v) is 9.88. The van der Waals surface area contributed by atoms with Gasteiger partial charge in [0.1, 0.15) is 0 Å². The highest BCUT2D eigenvalue weighted by atomic mass is 19.4. The summed E-state index contributed by atoms with van der Waals surface area (Å²) < 4.78 is 85.3. The number of benzene rings is 2. The summed E-state index contributed by atoms with van der Waals surface area (Å²) in [5, 5.41) is 0. The molecular weight excluding hydrogens is 468 g/mol. The first-order chi connectivity index (χ1) is 16.6. The Kier molecular flexibility index (Phi) is 7.81. The van der Waals surface area contributed by atoms with E-state index in [2.05, 4.69) is 4.90 Å². The van der Waals surface area contributed by atoms with Crippen molar-refractivity contribution < 1.29 is 31.1 Å². The average molecular weight is 500 g/mol. The molecule has 1 atom stereocenters. The van der Waals surface area contributed by atoms with Crippen molar-refractivity contribution >= 4 is 0 Å². The summed E-state index contributed by atoms with van der Waals surface area (Å²) in [6.45, 7) is 1.84. The van der Waals surface area contributed by atoms with Gasteiger partial charge in [-0.3, -0.25) is 0 Å². The van der Waals surface area contributed by atoms with Crippen molar-refractivity contribution in [1.82, 2.24) is 4.90 Å². The van der Waals surface area contributed by atoms with Gasteiger partial charge in [0.2, 0.25) is 0 Å². The fourth-order valence-corrected chi connectivity index (χ4v) is 5.62. The van der Waals surface area contributed by atoms with Crippen LogP contribution < -0.4 is 0 Å². The number of ether oxygens (including phenoxy) is 1. The van der Waals surface area contributed by atoms with E-state index in [-0.39, 0.29) is 30.3 Å². The average Bonchev–Trinajstić information content (AvgIpc) is 3.26. The lowest BCUT2D eigenvalue weighted by Crippen LogP contribution is -2.37. The molecule has 1 aliphatic carbocycles. The highest BCUT2D eigenvalue weighted by Gasteiger charge is 2.38. The fourth-order valence-electron chi connectivity index (χ4n) is 5.62. The van der Waals surface area contributed by atoms with Gasteiger partial charge in [-0.2, -0.15) is 26.3 Å². The Hall–Kier alpha value is -2.06. The molecule has 1 unspecified atom stereocenters. The van der Waals surface area contributed by atoms with Gasteiger partial charge in [-0.1, -0.05) is 43.2 Å². The summed E-state index contributed by atoms with van der Waals surface area (Å²) in [5.74, 6) is 0. The van der Waals surface area contributed by atoms with Gasteiger partial charge in [0.05, 0.1) is 24.3 Å². The Morgan fingerprint density at radius 3 is 2.03 bits per heavy atom. The number of alkyl halides is 6. The van der Waals surface area contributed by atoms with Crippen molar-refractivity contribution in [3.63, 3.8) is 0 Å². The van der Waals surface area contributed by atoms with Gasteiger partial charge in [-0.05, 0) is 74.5 Å². The molecule has 0 amide bonds. The normalized spacial score (nSPS) is 22.9. The minimum atomic E-state index is -4.87. The van der Waals surface area contributed by atoms with Crippen LogP contribution in [0.15, 0.2) is 48.5 Å². The third-order valence-electron chi connectivity index (χ3n) is 7.50. The molecule has 2 nitrogen and oxygen atoms in total. The molecule has 35 heavy (non-hydrogen) atoms. The molecule has 0 spiro atoms. The maximum Gasteiger partial charge on any atom is 0.416 e. The topological polar surface area (TPSA) is 12.5 Å². The van der Waals surface area contributed by atoms with Crippen molar-refractivity contribution in [2.45, 2.75) is 75.4 Å². The Labute approximate surface area is 202 Å². The van der Waals surface area contributed by atoms with Gasteiger partial charge in [0.15, 0.2) is 0 Å². The van der Waals surface area contributed by atoms with E-state index in [1.165, 1.54) is 25.7 Å². The maximum atomic E-state index is 13.2. The zero-order chi connectivity index (χ0) is 25.1. The van der Waals surface area contributed by atoms with Crippen molar-refractivity contribution in [1.29, 1.82) is 0 Å². The Morgan fingerprint density at radius 1 is 0.800 bits per heavy atom. The Balaban J connectivity index is 1.52. The van der Waals surface area contributed by atoms with E-state index in [1.807, 2.05) is 30.3 Å². The number of likely N-dealkylation sites (tertiary alicyclic amines) is 1. The van der Waals surface area contributed by atoms with E-state index in [1.54, 1.807) is 0 Å². The first kappa shape index (κ1) is 26.0. The monoisotopic (exact) mass is 499 g/mol. The van der Waals surface area contributed by atoms with E-state index in [0.29, 0.717) is 6.04 Å². The molecule has 2 aliphatic rings. The number of nitrogens with zero attached hydrogens (tertiary/aromatic N) is 1. The van der Waals surface area contributed by atoms with Gasteiger partial charge in [0, 0.05) is 11.5 Å². The van der Waals surface area contributed by atoms with Crippen LogP contribution in [0.3, 0.4) is 0 Å². The van der Waals surface area contributed by atoms with Crippen LogP contribution in [0.1, 0.15) is 67.2 Å². The lowest BCUT2D eigenvalue weighted by molar-refractivity contribution is -0.143. The molecule has 4 rings (SSSR count). The van der Waals surface area contributed by atoms with Crippen LogP contribution in [0, 0.1) is 0 Å². The number of halogens is 6. The fraction of sp³-hybridized carbons (Fsp3) is 0.556. The third kappa shape index (κ3) is 6.39. The maximum absolute atomic E-state index is 13.2. The van der Waals surface area contributed by atoms with Crippen LogP contribution in [0.2, 0.25) is 0 Å². The third-order valence-corrected chi connectivity index (χ3v) is 7.50. The van der Waals surface area contributed by atoms with Crippen molar-refractivity contribution in [2.24, 2.45) is 0 Å². The highest BCUT2D eigenvalue weighted by Crippen LogP contribution is 2.39. The van der Waals surface area contributed by atoms with E-state index in [4.69, 9.17) is 4.74 Å². The van der Waals surface area contributed by atoms with Gasteiger partial charge in [0.25, 0.3) is 0 Å². The van der Waals surface area contributed by atoms with Crippen molar-refractivity contribution in [3.8, 4) is 0 Å². The second-order valence-electron chi connectivity index (χ2n) is 9.88. The zero-order valence-corrected chi connectivity index (χ0v) is 19.6. The first-order valence-corrected chi connectivity index (χ1v) is 12.2. The summed E-state index contributed by atoms with van der Waals surface area (Å²) in [4.78, 5) is 2.56. The van der Waals surface area contributed by atoms with Gasteiger partial charge in [-0.25, -0.2) is 0 Å². The van der Waals surface area contributed by atoms with Crippen LogP contribution in [-0.4, -0.2) is 30.6 Å². The molecule has 192 valence electrons. The summed E-state index contributed by atoms with van der Waals surface area (Å²) in [7, 11) is 0. The van der Waals surface area contributed by atoms with Crippen LogP contribution >= 0.6 is 0 Å². The van der Waals surface area contributed by atoms with Crippen LogP contribution in [0.5, 0.6) is 0 Å².